The fraction of sp³-hybridized carbons (Fsp3) is 0.286. The second kappa shape index (κ2) is 7.44. The summed E-state index contributed by atoms with van der Waals surface area (Å²) in [6.45, 7) is 2.46. The highest BCUT2D eigenvalue weighted by atomic mass is 16.6. The van der Waals surface area contributed by atoms with Crippen LogP contribution in [0.25, 0.3) is 6.08 Å². The van der Waals surface area contributed by atoms with Crippen LogP contribution in [0, 0.1) is 10.1 Å². The number of fused-ring (bicyclic) bond motifs is 1. The van der Waals surface area contributed by atoms with Gasteiger partial charge in [-0.1, -0.05) is 6.42 Å². The monoisotopic (exact) mass is 380 g/mol. The minimum absolute atomic E-state index is 0.0159. The molecular weight excluding hydrogens is 360 g/mol. The molecule has 1 N–H and O–H groups in total. The van der Waals surface area contributed by atoms with E-state index < -0.39 is 4.92 Å². The van der Waals surface area contributed by atoms with Crippen LogP contribution in [0.3, 0.4) is 0 Å². The van der Waals surface area contributed by atoms with Gasteiger partial charge in [-0.05, 0) is 61.8 Å². The molecule has 2 aromatic carbocycles. The number of piperidine rings is 1. The second-order valence-corrected chi connectivity index (χ2v) is 7.07. The summed E-state index contributed by atoms with van der Waals surface area (Å²) >= 11 is 0. The van der Waals surface area contributed by atoms with E-state index in [9.17, 15) is 20.0 Å². The largest absolute Gasteiger partial charge is 0.507 e. The molecule has 0 aliphatic carbocycles. The zero-order chi connectivity index (χ0) is 19.7. The Labute approximate surface area is 162 Å². The molecular formula is C21H20N2O5. The van der Waals surface area contributed by atoms with E-state index in [4.69, 9.17) is 4.74 Å². The molecule has 2 aliphatic heterocycles. The number of carbonyl (C=O) groups is 1. The number of ether oxygens (including phenoxy) is 1. The van der Waals surface area contributed by atoms with Gasteiger partial charge < -0.3 is 9.84 Å². The number of phenolic OH excluding ortho intramolecular Hbond substituents is 1. The fourth-order valence-corrected chi connectivity index (χ4v) is 3.63. The maximum Gasteiger partial charge on any atom is 0.269 e. The van der Waals surface area contributed by atoms with E-state index in [0.29, 0.717) is 29.0 Å². The van der Waals surface area contributed by atoms with Gasteiger partial charge in [-0.25, -0.2) is 0 Å². The number of phenols is 1. The third kappa shape index (κ3) is 3.48. The number of hydrogen-bond donors (Lipinski definition) is 1. The molecule has 144 valence electrons. The molecule has 0 amide bonds. The van der Waals surface area contributed by atoms with E-state index in [2.05, 4.69) is 4.90 Å². The van der Waals surface area contributed by atoms with E-state index >= 15 is 0 Å². The van der Waals surface area contributed by atoms with Gasteiger partial charge in [0.2, 0.25) is 5.78 Å². The number of allylic oxidation sites excluding steroid dienone is 1. The number of Topliss-reactive ketones (excluding diaryl/α,β-unsaturated/α-hetero) is 1. The quantitative estimate of drug-likeness (QED) is 0.491. The maximum atomic E-state index is 12.7. The Balaban J connectivity index is 1.62. The molecule has 0 spiro atoms. The van der Waals surface area contributed by atoms with Gasteiger partial charge >= 0.3 is 0 Å². The summed E-state index contributed by atoms with van der Waals surface area (Å²) < 4.78 is 5.85. The molecule has 2 heterocycles. The summed E-state index contributed by atoms with van der Waals surface area (Å²) in [6, 6.07) is 9.00. The van der Waals surface area contributed by atoms with Gasteiger partial charge in [0.1, 0.15) is 11.5 Å². The molecule has 0 bridgehead atoms. The first kappa shape index (κ1) is 18.2. The van der Waals surface area contributed by atoms with Gasteiger partial charge in [-0.2, -0.15) is 0 Å². The topological polar surface area (TPSA) is 92.9 Å². The van der Waals surface area contributed by atoms with Crippen molar-refractivity contribution in [3.63, 3.8) is 0 Å². The lowest BCUT2D eigenvalue weighted by Gasteiger charge is -2.27. The summed E-state index contributed by atoms with van der Waals surface area (Å²) in [5.74, 6) is 0.417. The Kier molecular flexibility index (Phi) is 4.83. The van der Waals surface area contributed by atoms with E-state index in [1.54, 1.807) is 24.3 Å². The number of hydrogen-bond acceptors (Lipinski definition) is 6. The van der Waals surface area contributed by atoms with Crippen LogP contribution in [-0.2, 0) is 6.54 Å². The zero-order valence-electron chi connectivity index (χ0n) is 15.3. The SMILES string of the molecule is O=C1C(=Cc2ccc([N+](=O)[O-])cc2)Oc2c1ccc(O)c2CN1CCCCC1. The van der Waals surface area contributed by atoms with E-state index in [-0.39, 0.29) is 23.0 Å². The number of carbonyl (C=O) groups excluding carboxylic acids is 1. The molecule has 1 saturated heterocycles. The summed E-state index contributed by atoms with van der Waals surface area (Å²) in [5, 5.41) is 21.1. The number of nitrogens with zero attached hydrogens (tertiary/aromatic N) is 2. The summed E-state index contributed by atoms with van der Waals surface area (Å²) in [6.07, 6.45) is 5.03. The van der Waals surface area contributed by atoms with Crippen LogP contribution in [0.5, 0.6) is 11.5 Å². The van der Waals surface area contributed by atoms with Crippen LogP contribution in [0.1, 0.15) is 40.7 Å². The number of likely N-dealkylation sites (tertiary alicyclic amines) is 1. The standard InChI is InChI=1S/C21H20N2O5/c24-18-9-8-16-20(25)19(12-14-4-6-15(7-5-14)23(26)27)28-21(16)17(18)13-22-10-2-1-3-11-22/h4-9,12,24H,1-3,10-11,13H2. The number of rotatable bonds is 4. The molecule has 28 heavy (non-hydrogen) atoms. The van der Waals surface area contributed by atoms with Gasteiger partial charge in [0, 0.05) is 18.7 Å². The zero-order valence-corrected chi connectivity index (χ0v) is 15.3. The predicted octanol–water partition coefficient (Wildman–Crippen LogP) is 3.90. The molecule has 7 heteroatoms. The van der Waals surface area contributed by atoms with Gasteiger partial charge in [-0.3, -0.25) is 19.8 Å². The number of non-ortho nitro benzene ring substituents is 1. The number of benzene rings is 2. The first-order chi connectivity index (χ1) is 13.5. The van der Waals surface area contributed by atoms with Gasteiger partial charge in [0.25, 0.3) is 5.69 Å². The van der Waals surface area contributed by atoms with Crippen LogP contribution in [0.4, 0.5) is 5.69 Å². The lowest BCUT2D eigenvalue weighted by molar-refractivity contribution is -0.384. The molecule has 2 aliphatic rings. The highest BCUT2D eigenvalue weighted by Crippen LogP contribution is 2.40. The number of aromatic hydroxyl groups is 1. The smallest absolute Gasteiger partial charge is 0.269 e. The average molecular weight is 380 g/mol. The van der Waals surface area contributed by atoms with E-state index in [0.717, 1.165) is 25.9 Å². The number of nitro groups is 1. The van der Waals surface area contributed by atoms with Crippen LogP contribution in [0.15, 0.2) is 42.2 Å². The van der Waals surface area contributed by atoms with E-state index in [1.807, 2.05) is 0 Å². The van der Waals surface area contributed by atoms with Crippen LogP contribution in [0.2, 0.25) is 0 Å². The van der Waals surface area contributed by atoms with Crippen molar-refractivity contribution in [1.29, 1.82) is 0 Å². The maximum absolute atomic E-state index is 12.7. The minimum atomic E-state index is -0.473. The predicted molar refractivity (Wildman–Crippen MR) is 103 cm³/mol. The third-order valence-electron chi connectivity index (χ3n) is 5.15. The lowest BCUT2D eigenvalue weighted by atomic mass is 10.0. The average Bonchev–Trinajstić information content (AvgIpc) is 3.01. The third-order valence-corrected chi connectivity index (χ3v) is 5.15. The Morgan fingerprint density at radius 2 is 1.82 bits per heavy atom. The molecule has 0 saturated carbocycles. The Hall–Kier alpha value is -3.19. The Bertz CT molecular complexity index is 960. The van der Waals surface area contributed by atoms with Crippen molar-refractivity contribution >= 4 is 17.5 Å². The minimum Gasteiger partial charge on any atom is -0.507 e. The molecule has 4 rings (SSSR count). The second-order valence-electron chi connectivity index (χ2n) is 7.07. The van der Waals surface area contributed by atoms with Crippen molar-refractivity contribution in [3.05, 3.63) is 69.0 Å². The Morgan fingerprint density at radius 3 is 2.50 bits per heavy atom. The molecule has 1 fully saturated rings. The molecule has 0 aromatic heterocycles. The van der Waals surface area contributed by atoms with E-state index in [1.165, 1.54) is 24.6 Å². The normalized spacial score (nSPS) is 18.1. The van der Waals surface area contributed by atoms with Crippen molar-refractivity contribution in [2.75, 3.05) is 13.1 Å². The van der Waals surface area contributed by atoms with Crippen molar-refractivity contribution in [2.24, 2.45) is 0 Å². The van der Waals surface area contributed by atoms with Crippen LogP contribution in [-0.4, -0.2) is 33.8 Å². The fourth-order valence-electron chi connectivity index (χ4n) is 3.63. The molecule has 0 atom stereocenters. The van der Waals surface area contributed by atoms with Crippen molar-refractivity contribution in [2.45, 2.75) is 25.8 Å². The molecule has 2 aromatic rings. The molecule has 0 radical (unpaired) electrons. The first-order valence-corrected chi connectivity index (χ1v) is 9.29. The summed E-state index contributed by atoms with van der Waals surface area (Å²) in [7, 11) is 0. The lowest BCUT2D eigenvalue weighted by Crippen LogP contribution is -2.29. The van der Waals surface area contributed by atoms with Gasteiger partial charge in [-0.15, -0.1) is 0 Å². The van der Waals surface area contributed by atoms with Crippen LogP contribution >= 0.6 is 0 Å². The van der Waals surface area contributed by atoms with Crippen molar-refractivity contribution < 1.29 is 19.6 Å². The van der Waals surface area contributed by atoms with Gasteiger partial charge in [0.05, 0.1) is 16.1 Å². The highest BCUT2D eigenvalue weighted by Gasteiger charge is 2.31. The summed E-state index contributed by atoms with van der Waals surface area (Å²) in [5.41, 5.74) is 1.67. The molecule has 7 nitrogen and oxygen atoms in total. The molecule has 0 unspecified atom stereocenters. The number of nitro benzene ring substituents is 1. The number of ketones is 1. The summed E-state index contributed by atoms with van der Waals surface area (Å²) in [4.78, 5) is 25.3. The first-order valence-electron chi connectivity index (χ1n) is 9.29. The highest BCUT2D eigenvalue weighted by molar-refractivity contribution is 6.15. The van der Waals surface area contributed by atoms with Crippen LogP contribution < -0.4 is 4.74 Å². The van der Waals surface area contributed by atoms with Crippen molar-refractivity contribution in [3.8, 4) is 11.5 Å². The Morgan fingerprint density at radius 1 is 1.11 bits per heavy atom. The van der Waals surface area contributed by atoms with Gasteiger partial charge in [0.15, 0.2) is 5.76 Å². The van der Waals surface area contributed by atoms with Crippen molar-refractivity contribution in [1.82, 2.24) is 4.90 Å².